The lowest BCUT2D eigenvalue weighted by molar-refractivity contribution is 0.174. The first-order valence-corrected chi connectivity index (χ1v) is 14.8. The average Bonchev–Trinajstić information content (AvgIpc) is 3.66. The second-order valence-corrected chi connectivity index (χ2v) is 11.3. The molecule has 2 N–H and O–H groups in total. The molecule has 10 nitrogen and oxygen atoms in total. The van der Waals surface area contributed by atoms with Crippen molar-refractivity contribution in [1.82, 2.24) is 24.4 Å². The van der Waals surface area contributed by atoms with Gasteiger partial charge in [-0.2, -0.15) is 9.97 Å². The normalized spacial score (nSPS) is 17.8. The number of phenols is 1. The molecule has 0 spiro atoms. The van der Waals surface area contributed by atoms with Crippen molar-refractivity contribution in [3.05, 3.63) is 59.9 Å². The molecule has 1 aliphatic carbocycles. The first-order chi connectivity index (χ1) is 20.2. The number of anilines is 2. The molecule has 2 fully saturated rings. The monoisotopic (exact) mass is 555 g/mol. The van der Waals surface area contributed by atoms with Crippen LogP contribution >= 0.6 is 0 Å². The zero-order valence-corrected chi connectivity index (χ0v) is 23.3. The molecule has 0 bridgehead atoms. The SMILES string of the molecule is Oc1ccc(CCNc2nc(N3CCN(Cc4ccc5c(c4)OCO5)CC3)nc3c2ncn3C2CCCCC2)cc1. The number of phenolic OH excluding ortho intramolecular Hbond substituents is 1. The van der Waals surface area contributed by atoms with E-state index in [2.05, 4.69) is 31.8 Å². The van der Waals surface area contributed by atoms with Crippen molar-refractivity contribution in [2.45, 2.75) is 51.1 Å². The molecule has 0 radical (unpaired) electrons. The Morgan fingerprint density at radius 3 is 2.49 bits per heavy atom. The van der Waals surface area contributed by atoms with Crippen molar-refractivity contribution in [3.8, 4) is 17.2 Å². The molecule has 2 aromatic heterocycles. The van der Waals surface area contributed by atoms with Crippen LogP contribution in [0.2, 0.25) is 0 Å². The molecule has 1 saturated heterocycles. The third-order valence-electron chi connectivity index (χ3n) is 8.52. The summed E-state index contributed by atoms with van der Waals surface area (Å²) in [7, 11) is 0. The summed E-state index contributed by atoms with van der Waals surface area (Å²) in [5, 5.41) is 13.2. The number of nitrogens with one attached hydrogen (secondary N) is 1. The number of hydrogen-bond acceptors (Lipinski definition) is 9. The second kappa shape index (κ2) is 11.4. The van der Waals surface area contributed by atoms with Crippen LogP contribution in [-0.4, -0.2) is 69.0 Å². The van der Waals surface area contributed by atoms with Crippen molar-refractivity contribution in [2.24, 2.45) is 0 Å². The zero-order chi connectivity index (χ0) is 27.6. The van der Waals surface area contributed by atoms with Crippen molar-refractivity contribution >= 4 is 22.9 Å². The van der Waals surface area contributed by atoms with Gasteiger partial charge in [-0.3, -0.25) is 4.90 Å². The molecular weight excluding hydrogens is 518 g/mol. The molecule has 2 aliphatic heterocycles. The third-order valence-corrected chi connectivity index (χ3v) is 8.52. The number of aromatic hydroxyl groups is 1. The van der Waals surface area contributed by atoms with E-state index in [1.54, 1.807) is 12.1 Å². The van der Waals surface area contributed by atoms with Crippen molar-refractivity contribution in [3.63, 3.8) is 0 Å². The van der Waals surface area contributed by atoms with E-state index in [0.29, 0.717) is 12.8 Å². The van der Waals surface area contributed by atoms with Crippen molar-refractivity contribution in [1.29, 1.82) is 0 Å². The van der Waals surface area contributed by atoms with Gasteiger partial charge in [-0.25, -0.2) is 4.98 Å². The number of aromatic nitrogens is 4. The molecule has 1 saturated carbocycles. The first-order valence-electron chi connectivity index (χ1n) is 14.8. The van der Waals surface area contributed by atoms with Crippen LogP contribution in [0.5, 0.6) is 17.2 Å². The minimum absolute atomic E-state index is 0.285. The largest absolute Gasteiger partial charge is 0.508 e. The van der Waals surface area contributed by atoms with Crippen LogP contribution in [0.15, 0.2) is 48.8 Å². The summed E-state index contributed by atoms with van der Waals surface area (Å²) in [6.07, 6.45) is 8.96. The van der Waals surface area contributed by atoms with Crippen LogP contribution < -0.4 is 19.7 Å². The number of benzene rings is 2. The third kappa shape index (κ3) is 5.61. The highest BCUT2D eigenvalue weighted by Gasteiger charge is 2.25. The molecule has 41 heavy (non-hydrogen) atoms. The quantitative estimate of drug-likeness (QED) is 0.319. The number of nitrogens with zero attached hydrogens (tertiary/aromatic N) is 6. The number of piperazine rings is 1. The maximum absolute atomic E-state index is 9.61. The summed E-state index contributed by atoms with van der Waals surface area (Å²) in [4.78, 5) is 19.7. The molecule has 0 atom stereocenters. The van der Waals surface area contributed by atoms with E-state index in [0.717, 1.165) is 85.7 Å². The van der Waals surface area contributed by atoms with Crippen molar-refractivity contribution in [2.75, 3.05) is 49.7 Å². The molecule has 214 valence electrons. The molecule has 10 heteroatoms. The Morgan fingerprint density at radius 2 is 1.66 bits per heavy atom. The number of rotatable bonds is 8. The van der Waals surface area contributed by atoms with Crippen LogP contribution in [0, 0.1) is 0 Å². The van der Waals surface area contributed by atoms with Crippen LogP contribution in [0.25, 0.3) is 11.2 Å². The Bertz CT molecular complexity index is 1490. The highest BCUT2D eigenvalue weighted by molar-refractivity contribution is 5.84. The highest BCUT2D eigenvalue weighted by atomic mass is 16.7. The lowest BCUT2D eigenvalue weighted by Gasteiger charge is -2.35. The van der Waals surface area contributed by atoms with Crippen LogP contribution in [0.3, 0.4) is 0 Å². The molecule has 3 aliphatic rings. The molecule has 7 rings (SSSR count). The van der Waals surface area contributed by atoms with Gasteiger partial charge in [0.25, 0.3) is 0 Å². The molecular formula is C31H37N7O3. The standard InChI is InChI=1S/C31H37N7O3/c39-25-9-6-22(7-10-25)12-13-32-29-28-30(38(20-33-28)24-4-2-1-3-5-24)35-31(34-29)37-16-14-36(15-17-37)19-23-8-11-26-27(18-23)41-21-40-26/h6-11,18,20,24,39H,1-5,12-17,19,21H2,(H,32,34,35). The highest BCUT2D eigenvalue weighted by Crippen LogP contribution is 2.34. The maximum atomic E-state index is 9.61. The summed E-state index contributed by atoms with van der Waals surface area (Å²) >= 11 is 0. The number of fused-ring (bicyclic) bond motifs is 2. The Balaban J connectivity index is 1.08. The van der Waals surface area contributed by atoms with Gasteiger partial charge in [0.1, 0.15) is 5.75 Å². The number of imidazole rings is 1. The predicted molar refractivity (Wildman–Crippen MR) is 158 cm³/mol. The molecule has 0 amide bonds. The Kier molecular flexibility index (Phi) is 7.22. The van der Waals surface area contributed by atoms with E-state index in [-0.39, 0.29) is 5.75 Å². The lowest BCUT2D eigenvalue weighted by Crippen LogP contribution is -2.46. The molecule has 4 heterocycles. The maximum Gasteiger partial charge on any atom is 0.231 e. The van der Waals surface area contributed by atoms with Crippen LogP contribution in [0.4, 0.5) is 11.8 Å². The van der Waals surface area contributed by atoms with Gasteiger partial charge in [0.15, 0.2) is 28.5 Å². The fourth-order valence-corrected chi connectivity index (χ4v) is 6.19. The predicted octanol–water partition coefficient (Wildman–Crippen LogP) is 4.74. The number of ether oxygens (including phenoxy) is 2. The van der Waals surface area contributed by atoms with E-state index >= 15 is 0 Å². The zero-order valence-electron chi connectivity index (χ0n) is 23.3. The minimum atomic E-state index is 0.285. The van der Waals surface area contributed by atoms with Gasteiger partial charge in [-0.15, -0.1) is 0 Å². The van der Waals surface area contributed by atoms with Gasteiger partial charge in [0, 0.05) is 45.3 Å². The van der Waals surface area contributed by atoms with Crippen molar-refractivity contribution < 1.29 is 14.6 Å². The van der Waals surface area contributed by atoms with E-state index in [4.69, 9.17) is 24.4 Å². The van der Waals surface area contributed by atoms with Gasteiger partial charge in [-0.1, -0.05) is 37.5 Å². The van der Waals surface area contributed by atoms with E-state index in [1.807, 2.05) is 24.5 Å². The summed E-state index contributed by atoms with van der Waals surface area (Å²) in [6, 6.07) is 14.0. The molecule has 0 unspecified atom stereocenters. The average molecular weight is 556 g/mol. The fraction of sp³-hybridized carbons (Fsp3) is 0.452. The van der Waals surface area contributed by atoms with Crippen LogP contribution in [-0.2, 0) is 13.0 Å². The fourth-order valence-electron chi connectivity index (χ4n) is 6.19. The first kappa shape index (κ1) is 25.9. The summed E-state index contributed by atoms with van der Waals surface area (Å²) in [6.45, 7) is 5.48. The Labute approximate surface area is 239 Å². The minimum Gasteiger partial charge on any atom is -0.508 e. The number of hydrogen-bond donors (Lipinski definition) is 2. The summed E-state index contributed by atoms with van der Waals surface area (Å²) in [5.41, 5.74) is 4.16. The molecule has 4 aromatic rings. The topological polar surface area (TPSA) is 101 Å². The van der Waals surface area contributed by atoms with Crippen LogP contribution in [0.1, 0.15) is 49.3 Å². The van der Waals surface area contributed by atoms with Gasteiger partial charge >= 0.3 is 0 Å². The van der Waals surface area contributed by atoms with E-state index in [9.17, 15) is 5.11 Å². The Hall–Kier alpha value is -4.05. The smallest absolute Gasteiger partial charge is 0.231 e. The van der Waals surface area contributed by atoms with E-state index in [1.165, 1.54) is 37.7 Å². The lowest BCUT2D eigenvalue weighted by atomic mass is 9.95. The summed E-state index contributed by atoms with van der Waals surface area (Å²) < 4.78 is 13.3. The van der Waals surface area contributed by atoms with Gasteiger partial charge < -0.3 is 29.4 Å². The molecule has 2 aromatic carbocycles. The van der Waals surface area contributed by atoms with Gasteiger partial charge in [-0.05, 0) is 54.7 Å². The van der Waals surface area contributed by atoms with Gasteiger partial charge in [0.05, 0.1) is 6.33 Å². The Morgan fingerprint density at radius 1 is 0.878 bits per heavy atom. The summed E-state index contributed by atoms with van der Waals surface area (Å²) in [5.74, 6) is 3.51. The second-order valence-electron chi connectivity index (χ2n) is 11.3. The van der Waals surface area contributed by atoms with Gasteiger partial charge in [0.2, 0.25) is 12.7 Å². The van der Waals surface area contributed by atoms with E-state index < -0.39 is 0 Å².